The molecular formula is C15H24N2O5S2. The van der Waals surface area contributed by atoms with Gasteiger partial charge in [0.25, 0.3) is 10.0 Å². The van der Waals surface area contributed by atoms with Crippen LogP contribution in [0.4, 0.5) is 0 Å². The van der Waals surface area contributed by atoms with Crippen LogP contribution in [0.15, 0.2) is 21.7 Å². The Kier molecular flexibility index (Phi) is 8.94. The lowest BCUT2D eigenvalue weighted by Crippen LogP contribution is -2.38. The minimum atomic E-state index is -3.60. The van der Waals surface area contributed by atoms with Gasteiger partial charge in [0.15, 0.2) is 0 Å². The van der Waals surface area contributed by atoms with Gasteiger partial charge in [0.1, 0.15) is 4.21 Å². The third-order valence-corrected chi connectivity index (χ3v) is 6.56. The number of ether oxygens (including phenoxy) is 1. The maximum atomic E-state index is 12.2. The highest BCUT2D eigenvalue weighted by Crippen LogP contribution is 2.19. The molecule has 0 unspecified atom stereocenters. The molecule has 1 amide bonds. The summed E-state index contributed by atoms with van der Waals surface area (Å²) in [5.74, 6) is -0.537. The Balaban J connectivity index is 2.19. The van der Waals surface area contributed by atoms with Crippen molar-refractivity contribution in [2.24, 2.45) is 0 Å². The van der Waals surface area contributed by atoms with Gasteiger partial charge in [-0.3, -0.25) is 9.59 Å². The average Bonchev–Trinajstić information content (AvgIpc) is 3.08. The Labute approximate surface area is 147 Å². The van der Waals surface area contributed by atoms with Gasteiger partial charge in [-0.15, -0.1) is 11.3 Å². The molecule has 0 aliphatic carbocycles. The number of esters is 1. The number of carbonyl (C=O) groups excluding carboxylic acids is 2. The molecule has 1 heterocycles. The number of nitrogens with one attached hydrogen (secondary N) is 1. The molecule has 0 aliphatic heterocycles. The minimum absolute atomic E-state index is 0.206. The molecule has 0 fully saturated rings. The highest BCUT2D eigenvalue weighted by Gasteiger charge is 2.23. The van der Waals surface area contributed by atoms with Crippen LogP contribution in [0.3, 0.4) is 0 Å². The fraction of sp³-hybridized carbons (Fsp3) is 0.600. The van der Waals surface area contributed by atoms with Crippen molar-refractivity contribution < 1.29 is 22.7 Å². The van der Waals surface area contributed by atoms with E-state index >= 15 is 0 Å². The number of thiophene rings is 1. The summed E-state index contributed by atoms with van der Waals surface area (Å²) < 4.78 is 30.2. The van der Waals surface area contributed by atoms with Crippen molar-refractivity contribution in [1.29, 1.82) is 0 Å². The van der Waals surface area contributed by atoms with Crippen molar-refractivity contribution >= 4 is 33.2 Å². The first-order valence-corrected chi connectivity index (χ1v) is 10.0. The quantitative estimate of drug-likeness (QED) is 0.468. The number of carbonyl (C=O) groups is 2. The van der Waals surface area contributed by atoms with Crippen molar-refractivity contribution in [1.82, 2.24) is 9.62 Å². The zero-order chi connectivity index (χ0) is 18.0. The van der Waals surface area contributed by atoms with E-state index in [-0.39, 0.29) is 22.6 Å². The van der Waals surface area contributed by atoms with Crippen LogP contribution in [0.2, 0.25) is 0 Å². The van der Waals surface area contributed by atoms with E-state index in [4.69, 9.17) is 0 Å². The summed E-state index contributed by atoms with van der Waals surface area (Å²) in [7, 11) is -0.838. The smallest absolute Gasteiger partial charge is 0.305 e. The van der Waals surface area contributed by atoms with E-state index in [1.807, 2.05) is 0 Å². The first-order chi connectivity index (χ1) is 11.4. The van der Waals surface area contributed by atoms with Gasteiger partial charge >= 0.3 is 5.97 Å². The van der Waals surface area contributed by atoms with Crippen LogP contribution in [-0.4, -0.2) is 51.8 Å². The van der Waals surface area contributed by atoms with Gasteiger partial charge in [-0.1, -0.05) is 18.9 Å². The summed E-state index contributed by atoms with van der Waals surface area (Å²) in [5, 5.41) is 4.39. The SMILES string of the molecule is COC(=O)CCCCCCNC(=O)CN(C)S(=O)(=O)c1cccs1. The normalized spacial score (nSPS) is 11.5. The first kappa shape index (κ1) is 20.6. The highest BCUT2D eigenvalue weighted by molar-refractivity contribution is 7.91. The van der Waals surface area contributed by atoms with Crippen molar-refractivity contribution in [2.45, 2.75) is 36.3 Å². The molecule has 0 aliphatic rings. The van der Waals surface area contributed by atoms with Crippen LogP contribution in [0, 0.1) is 0 Å². The van der Waals surface area contributed by atoms with Crippen molar-refractivity contribution in [2.75, 3.05) is 27.2 Å². The Morgan fingerprint density at radius 3 is 2.58 bits per heavy atom. The summed E-state index contributed by atoms with van der Waals surface area (Å²) in [5.41, 5.74) is 0. The zero-order valence-electron chi connectivity index (χ0n) is 14.0. The monoisotopic (exact) mass is 376 g/mol. The third-order valence-electron chi connectivity index (χ3n) is 3.38. The zero-order valence-corrected chi connectivity index (χ0v) is 15.6. The lowest BCUT2D eigenvalue weighted by atomic mass is 10.1. The van der Waals surface area contributed by atoms with E-state index in [2.05, 4.69) is 10.1 Å². The van der Waals surface area contributed by atoms with E-state index < -0.39 is 10.0 Å². The molecule has 136 valence electrons. The van der Waals surface area contributed by atoms with Gasteiger partial charge in [-0.25, -0.2) is 8.42 Å². The molecule has 1 rings (SSSR count). The molecule has 0 saturated heterocycles. The first-order valence-electron chi connectivity index (χ1n) is 7.71. The molecule has 1 aromatic heterocycles. The molecule has 0 radical (unpaired) electrons. The van der Waals surface area contributed by atoms with E-state index in [0.717, 1.165) is 41.3 Å². The number of rotatable bonds is 11. The lowest BCUT2D eigenvalue weighted by molar-refractivity contribution is -0.140. The molecule has 0 bridgehead atoms. The van der Waals surface area contributed by atoms with Crippen molar-refractivity contribution in [3.63, 3.8) is 0 Å². The number of unbranched alkanes of at least 4 members (excludes halogenated alkanes) is 3. The van der Waals surface area contributed by atoms with Gasteiger partial charge in [0.05, 0.1) is 13.7 Å². The number of sulfonamides is 1. The highest BCUT2D eigenvalue weighted by atomic mass is 32.2. The van der Waals surface area contributed by atoms with Gasteiger partial charge in [0.2, 0.25) is 5.91 Å². The predicted molar refractivity (Wildman–Crippen MR) is 92.2 cm³/mol. The second kappa shape index (κ2) is 10.4. The van der Waals surface area contributed by atoms with Gasteiger partial charge in [-0.05, 0) is 24.3 Å². The standard InChI is InChI=1S/C15H24N2O5S2/c1-17(24(20,21)15-9-7-11-23-15)12-13(18)16-10-6-4-3-5-8-14(19)22-2/h7,9,11H,3-6,8,10,12H2,1-2H3,(H,16,18). The number of nitrogens with zero attached hydrogens (tertiary/aromatic N) is 1. The maximum Gasteiger partial charge on any atom is 0.305 e. The average molecular weight is 377 g/mol. The third kappa shape index (κ3) is 6.98. The number of likely N-dealkylation sites (N-methyl/N-ethyl adjacent to an activating group) is 1. The Bertz CT molecular complexity index is 614. The van der Waals surface area contributed by atoms with E-state index in [1.54, 1.807) is 11.4 Å². The molecule has 1 aromatic rings. The van der Waals surface area contributed by atoms with Crippen molar-refractivity contribution in [3.05, 3.63) is 17.5 Å². The molecule has 0 aromatic carbocycles. The molecule has 0 spiro atoms. The van der Waals surface area contributed by atoms with Crippen LogP contribution >= 0.6 is 11.3 Å². The Hall–Kier alpha value is -1.45. The van der Waals surface area contributed by atoms with E-state index in [1.165, 1.54) is 20.2 Å². The fourth-order valence-electron chi connectivity index (χ4n) is 1.98. The molecular weight excluding hydrogens is 352 g/mol. The predicted octanol–water partition coefficient (Wildman–Crippen LogP) is 1.61. The molecule has 0 saturated carbocycles. The molecule has 9 heteroatoms. The van der Waals surface area contributed by atoms with Crippen LogP contribution in [0.25, 0.3) is 0 Å². The van der Waals surface area contributed by atoms with Gasteiger partial charge in [0, 0.05) is 20.0 Å². The molecule has 24 heavy (non-hydrogen) atoms. The van der Waals surface area contributed by atoms with Gasteiger partial charge < -0.3 is 10.1 Å². The van der Waals surface area contributed by atoms with Crippen LogP contribution in [-0.2, 0) is 24.3 Å². The molecule has 1 N–H and O–H groups in total. The second-order valence-electron chi connectivity index (χ2n) is 5.28. The molecule has 0 atom stereocenters. The Morgan fingerprint density at radius 2 is 1.96 bits per heavy atom. The topological polar surface area (TPSA) is 92.8 Å². The van der Waals surface area contributed by atoms with E-state index in [9.17, 15) is 18.0 Å². The number of hydrogen-bond donors (Lipinski definition) is 1. The van der Waals surface area contributed by atoms with Crippen LogP contribution in [0.1, 0.15) is 32.1 Å². The molecule has 7 nitrogen and oxygen atoms in total. The Morgan fingerprint density at radius 1 is 1.25 bits per heavy atom. The second-order valence-corrected chi connectivity index (χ2v) is 8.50. The number of hydrogen-bond acceptors (Lipinski definition) is 6. The van der Waals surface area contributed by atoms with Gasteiger partial charge in [-0.2, -0.15) is 4.31 Å². The van der Waals surface area contributed by atoms with Crippen molar-refractivity contribution in [3.8, 4) is 0 Å². The number of methoxy groups -OCH3 is 1. The van der Waals surface area contributed by atoms with Crippen LogP contribution < -0.4 is 5.32 Å². The lowest BCUT2D eigenvalue weighted by Gasteiger charge is -2.15. The maximum absolute atomic E-state index is 12.2. The van der Waals surface area contributed by atoms with Crippen LogP contribution in [0.5, 0.6) is 0 Å². The van der Waals surface area contributed by atoms with E-state index in [0.29, 0.717) is 13.0 Å². The summed E-state index contributed by atoms with van der Waals surface area (Å²) >= 11 is 1.12. The largest absolute Gasteiger partial charge is 0.469 e. The fourth-order valence-corrected chi connectivity index (χ4v) is 4.31. The number of amides is 1. The summed E-state index contributed by atoms with van der Waals surface area (Å²) in [4.78, 5) is 22.7. The minimum Gasteiger partial charge on any atom is -0.469 e. The summed E-state index contributed by atoms with van der Waals surface area (Å²) in [6.45, 7) is 0.284. The summed E-state index contributed by atoms with van der Waals surface area (Å²) in [6, 6.07) is 3.17. The summed E-state index contributed by atoms with van der Waals surface area (Å²) in [6.07, 6.45) is 3.74.